The number of amides is 2. The molecule has 2 rings (SSSR count). The van der Waals surface area contributed by atoms with E-state index in [0.29, 0.717) is 35.7 Å². The van der Waals surface area contributed by atoms with Crippen molar-refractivity contribution >= 4 is 34.8 Å². The maximum absolute atomic E-state index is 12.7. The van der Waals surface area contributed by atoms with Crippen LogP contribution >= 0.6 is 12.2 Å². The standard InChI is InChI=1S/C24H31N3O3S/c1-3-5-6-9-16-30-21-14-8-7-13-20(21)23(29)27-24(31)26-19-12-10-11-18(17-19)22(28)25-15-4-2/h7-8,10-14,17H,3-6,9,15-16H2,1-2H3,(H,25,28)(H2,26,27,29,31). The fourth-order valence-electron chi connectivity index (χ4n) is 2.90. The third-order valence-electron chi connectivity index (χ3n) is 4.53. The lowest BCUT2D eigenvalue weighted by atomic mass is 10.2. The quantitative estimate of drug-likeness (QED) is 0.341. The third kappa shape index (κ3) is 8.38. The molecule has 2 aromatic carbocycles. The van der Waals surface area contributed by atoms with Crippen molar-refractivity contribution in [2.45, 2.75) is 46.0 Å². The van der Waals surface area contributed by atoms with Crippen LogP contribution in [0.1, 0.15) is 66.7 Å². The first-order valence-electron chi connectivity index (χ1n) is 10.8. The number of unbranched alkanes of at least 4 members (excludes halogenated alkanes) is 3. The maximum atomic E-state index is 12.7. The van der Waals surface area contributed by atoms with Crippen LogP contribution in [-0.4, -0.2) is 30.1 Å². The molecule has 2 aromatic rings. The largest absolute Gasteiger partial charge is 0.493 e. The van der Waals surface area contributed by atoms with Gasteiger partial charge in [0, 0.05) is 17.8 Å². The van der Waals surface area contributed by atoms with Gasteiger partial charge in [0.2, 0.25) is 0 Å². The average molecular weight is 442 g/mol. The topological polar surface area (TPSA) is 79.5 Å². The van der Waals surface area contributed by atoms with Crippen LogP contribution in [0.25, 0.3) is 0 Å². The van der Waals surface area contributed by atoms with Crippen molar-refractivity contribution in [3.8, 4) is 5.75 Å². The summed E-state index contributed by atoms with van der Waals surface area (Å²) in [5, 5.41) is 8.62. The second-order valence-corrected chi connectivity index (χ2v) is 7.56. The van der Waals surface area contributed by atoms with Crippen molar-refractivity contribution in [3.63, 3.8) is 0 Å². The van der Waals surface area contributed by atoms with Gasteiger partial charge in [0.05, 0.1) is 12.2 Å². The van der Waals surface area contributed by atoms with Crippen LogP contribution in [0.3, 0.4) is 0 Å². The summed E-state index contributed by atoms with van der Waals surface area (Å²) in [7, 11) is 0. The summed E-state index contributed by atoms with van der Waals surface area (Å²) in [4.78, 5) is 24.8. The van der Waals surface area contributed by atoms with E-state index in [9.17, 15) is 9.59 Å². The first kappa shape index (κ1) is 24.3. The first-order valence-corrected chi connectivity index (χ1v) is 11.2. The minimum atomic E-state index is -0.349. The molecular formula is C24H31N3O3S. The Labute approximate surface area is 189 Å². The van der Waals surface area contributed by atoms with E-state index >= 15 is 0 Å². The average Bonchev–Trinajstić information content (AvgIpc) is 2.77. The van der Waals surface area contributed by atoms with Crippen LogP contribution in [-0.2, 0) is 0 Å². The van der Waals surface area contributed by atoms with Gasteiger partial charge in [0.25, 0.3) is 11.8 Å². The zero-order chi connectivity index (χ0) is 22.5. The van der Waals surface area contributed by atoms with Crippen LogP contribution < -0.4 is 20.7 Å². The molecule has 0 saturated heterocycles. The molecule has 0 fully saturated rings. The second-order valence-electron chi connectivity index (χ2n) is 7.15. The van der Waals surface area contributed by atoms with E-state index in [1.165, 1.54) is 6.42 Å². The monoisotopic (exact) mass is 441 g/mol. The van der Waals surface area contributed by atoms with Crippen molar-refractivity contribution in [1.29, 1.82) is 0 Å². The highest BCUT2D eigenvalue weighted by atomic mass is 32.1. The highest BCUT2D eigenvalue weighted by Gasteiger charge is 2.14. The summed E-state index contributed by atoms with van der Waals surface area (Å²) in [5.74, 6) is 0.0397. The molecule has 0 aliphatic rings. The van der Waals surface area contributed by atoms with Crippen molar-refractivity contribution in [2.75, 3.05) is 18.5 Å². The van der Waals surface area contributed by atoms with Gasteiger partial charge in [-0.2, -0.15) is 0 Å². The molecular weight excluding hydrogens is 410 g/mol. The number of thiocarbonyl (C=S) groups is 1. The molecule has 0 aromatic heterocycles. The predicted molar refractivity (Wildman–Crippen MR) is 129 cm³/mol. The van der Waals surface area contributed by atoms with E-state index in [0.717, 1.165) is 25.7 Å². The zero-order valence-electron chi connectivity index (χ0n) is 18.2. The SMILES string of the molecule is CCCCCCOc1ccccc1C(=O)NC(=S)Nc1cccc(C(=O)NCCC)c1. The van der Waals surface area contributed by atoms with Crippen molar-refractivity contribution < 1.29 is 14.3 Å². The highest BCUT2D eigenvalue weighted by molar-refractivity contribution is 7.80. The van der Waals surface area contributed by atoms with Gasteiger partial charge in [-0.3, -0.25) is 14.9 Å². The Morgan fingerprint density at radius 1 is 0.935 bits per heavy atom. The van der Waals surface area contributed by atoms with Gasteiger partial charge >= 0.3 is 0 Å². The van der Waals surface area contributed by atoms with Gasteiger partial charge in [-0.25, -0.2) is 0 Å². The summed E-state index contributed by atoms with van der Waals surface area (Å²) < 4.78 is 5.81. The van der Waals surface area contributed by atoms with E-state index in [1.54, 1.807) is 42.5 Å². The smallest absolute Gasteiger partial charge is 0.261 e. The van der Waals surface area contributed by atoms with Crippen LogP contribution in [0.2, 0.25) is 0 Å². The molecule has 7 heteroatoms. The van der Waals surface area contributed by atoms with Crippen LogP contribution in [0.15, 0.2) is 48.5 Å². The molecule has 6 nitrogen and oxygen atoms in total. The molecule has 0 spiro atoms. The Morgan fingerprint density at radius 3 is 2.52 bits per heavy atom. The van der Waals surface area contributed by atoms with Gasteiger partial charge in [-0.1, -0.05) is 51.3 Å². The molecule has 0 saturated carbocycles. The lowest BCUT2D eigenvalue weighted by molar-refractivity contribution is 0.0950. The van der Waals surface area contributed by atoms with E-state index in [4.69, 9.17) is 17.0 Å². The summed E-state index contributed by atoms with van der Waals surface area (Å²) >= 11 is 5.29. The fourth-order valence-corrected chi connectivity index (χ4v) is 3.11. The molecule has 166 valence electrons. The molecule has 0 aliphatic heterocycles. The summed E-state index contributed by atoms with van der Waals surface area (Å²) in [5.41, 5.74) is 1.57. The number of carbonyl (C=O) groups excluding carboxylic acids is 2. The summed E-state index contributed by atoms with van der Waals surface area (Å²) in [6, 6.07) is 14.1. The lowest BCUT2D eigenvalue weighted by Crippen LogP contribution is -2.34. The summed E-state index contributed by atoms with van der Waals surface area (Å²) in [6.07, 6.45) is 5.26. The Bertz CT molecular complexity index is 886. The molecule has 0 atom stereocenters. The predicted octanol–water partition coefficient (Wildman–Crippen LogP) is 4.91. The number of benzene rings is 2. The van der Waals surface area contributed by atoms with Gasteiger partial charge in [-0.05, 0) is 55.4 Å². The number of anilines is 1. The van der Waals surface area contributed by atoms with E-state index in [2.05, 4.69) is 22.9 Å². The molecule has 2 amide bonds. The van der Waals surface area contributed by atoms with E-state index in [-0.39, 0.29) is 16.9 Å². The zero-order valence-corrected chi connectivity index (χ0v) is 19.0. The first-order chi connectivity index (χ1) is 15.0. The number of rotatable bonds is 11. The van der Waals surface area contributed by atoms with Crippen molar-refractivity contribution in [2.24, 2.45) is 0 Å². The number of nitrogens with one attached hydrogen (secondary N) is 3. The number of hydrogen-bond acceptors (Lipinski definition) is 4. The van der Waals surface area contributed by atoms with E-state index in [1.807, 2.05) is 13.0 Å². The van der Waals surface area contributed by atoms with E-state index < -0.39 is 0 Å². The van der Waals surface area contributed by atoms with Gasteiger partial charge in [0.1, 0.15) is 5.75 Å². The Hall–Kier alpha value is -2.93. The van der Waals surface area contributed by atoms with Crippen molar-refractivity contribution in [3.05, 3.63) is 59.7 Å². The second kappa shape index (κ2) is 13.4. The van der Waals surface area contributed by atoms with Gasteiger partial charge in [0.15, 0.2) is 5.11 Å². The number of carbonyl (C=O) groups is 2. The Balaban J connectivity index is 1.94. The maximum Gasteiger partial charge on any atom is 0.261 e. The van der Waals surface area contributed by atoms with Gasteiger partial charge in [-0.15, -0.1) is 0 Å². The number of hydrogen-bond donors (Lipinski definition) is 3. The molecule has 0 radical (unpaired) electrons. The molecule has 0 unspecified atom stereocenters. The highest BCUT2D eigenvalue weighted by Crippen LogP contribution is 2.19. The fraction of sp³-hybridized carbons (Fsp3) is 0.375. The molecule has 0 bridgehead atoms. The van der Waals surface area contributed by atoms with Crippen LogP contribution in [0.4, 0.5) is 5.69 Å². The minimum Gasteiger partial charge on any atom is -0.493 e. The molecule has 31 heavy (non-hydrogen) atoms. The van der Waals surface area contributed by atoms with Crippen molar-refractivity contribution in [1.82, 2.24) is 10.6 Å². The normalized spacial score (nSPS) is 10.3. The summed E-state index contributed by atoms with van der Waals surface area (Å²) in [6.45, 7) is 5.34. The number of ether oxygens (including phenoxy) is 1. The van der Waals surface area contributed by atoms with Crippen LogP contribution in [0.5, 0.6) is 5.75 Å². The number of para-hydroxylation sites is 1. The minimum absolute atomic E-state index is 0.147. The third-order valence-corrected chi connectivity index (χ3v) is 4.74. The van der Waals surface area contributed by atoms with Gasteiger partial charge < -0.3 is 15.4 Å². The molecule has 3 N–H and O–H groups in total. The molecule has 0 heterocycles. The molecule has 0 aliphatic carbocycles. The van der Waals surface area contributed by atoms with Crippen LogP contribution in [0, 0.1) is 0 Å². The Kier molecular flexibility index (Phi) is 10.5. The lowest BCUT2D eigenvalue weighted by Gasteiger charge is -2.13. The Morgan fingerprint density at radius 2 is 1.74 bits per heavy atom.